The van der Waals surface area contributed by atoms with E-state index in [1.54, 1.807) is 0 Å². The highest BCUT2D eigenvalue weighted by molar-refractivity contribution is 5.78. The van der Waals surface area contributed by atoms with Crippen molar-refractivity contribution in [2.75, 3.05) is 19.6 Å². The van der Waals surface area contributed by atoms with Gasteiger partial charge in [0, 0.05) is 5.54 Å². The Morgan fingerprint density at radius 1 is 1.27 bits per heavy atom. The van der Waals surface area contributed by atoms with Crippen LogP contribution in [0.3, 0.4) is 0 Å². The van der Waals surface area contributed by atoms with Gasteiger partial charge in [0.25, 0.3) is 0 Å². The first-order chi connectivity index (χ1) is 6.89. The second kappa shape index (κ2) is 6.83. The van der Waals surface area contributed by atoms with Gasteiger partial charge in [0.15, 0.2) is 0 Å². The largest absolute Gasteiger partial charge is 0.350 e. The molecule has 3 heteroatoms. The molecule has 0 saturated carbocycles. The number of rotatable bonds is 6. The summed E-state index contributed by atoms with van der Waals surface area (Å²) in [5, 5.41) is 2.98. The summed E-state index contributed by atoms with van der Waals surface area (Å²) in [5.41, 5.74) is -0.124. The lowest BCUT2D eigenvalue weighted by Crippen LogP contribution is -2.46. The molecule has 0 aromatic rings. The van der Waals surface area contributed by atoms with Crippen molar-refractivity contribution in [3.05, 3.63) is 0 Å². The predicted molar refractivity (Wildman–Crippen MR) is 64.9 cm³/mol. The van der Waals surface area contributed by atoms with E-state index in [4.69, 9.17) is 0 Å². The third kappa shape index (κ3) is 8.43. The van der Waals surface area contributed by atoms with Crippen LogP contribution in [0.2, 0.25) is 0 Å². The first-order valence-corrected chi connectivity index (χ1v) is 5.92. The fourth-order valence-corrected chi connectivity index (χ4v) is 1.39. The lowest BCUT2D eigenvalue weighted by Gasteiger charge is -2.24. The molecule has 0 aliphatic carbocycles. The van der Waals surface area contributed by atoms with Crippen LogP contribution in [0.25, 0.3) is 0 Å². The zero-order valence-corrected chi connectivity index (χ0v) is 10.9. The normalized spacial score (nSPS) is 11.9. The fraction of sp³-hybridized carbons (Fsp3) is 0.917. The van der Waals surface area contributed by atoms with Gasteiger partial charge in [-0.2, -0.15) is 0 Å². The molecule has 0 fully saturated rings. The van der Waals surface area contributed by atoms with E-state index in [0.717, 1.165) is 19.5 Å². The summed E-state index contributed by atoms with van der Waals surface area (Å²) < 4.78 is 0. The van der Waals surface area contributed by atoms with Crippen LogP contribution in [0.1, 0.15) is 47.5 Å². The Labute approximate surface area is 94.2 Å². The third-order valence-corrected chi connectivity index (χ3v) is 2.16. The molecule has 3 nitrogen and oxygen atoms in total. The van der Waals surface area contributed by atoms with E-state index < -0.39 is 0 Å². The molecule has 0 aliphatic rings. The number of hydrogen-bond donors (Lipinski definition) is 1. The fourth-order valence-electron chi connectivity index (χ4n) is 1.39. The van der Waals surface area contributed by atoms with E-state index in [2.05, 4.69) is 24.1 Å². The van der Waals surface area contributed by atoms with Crippen LogP contribution in [-0.4, -0.2) is 36.0 Å². The number of nitrogens with one attached hydrogen (secondary N) is 1. The molecule has 0 aliphatic heterocycles. The predicted octanol–water partition coefficient (Wildman–Crippen LogP) is 2.02. The average molecular weight is 214 g/mol. The molecule has 0 bridgehead atoms. The molecular formula is C12H26N2O. The maximum absolute atomic E-state index is 11.6. The maximum atomic E-state index is 11.6. The monoisotopic (exact) mass is 214 g/mol. The number of hydrogen-bond acceptors (Lipinski definition) is 2. The van der Waals surface area contributed by atoms with Crippen molar-refractivity contribution in [1.29, 1.82) is 0 Å². The van der Waals surface area contributed by atoms with Crippen molar-refractivity contribution in [3.8, 4) is 0 Å². The van der Waals surface area contributed by atoms with Crippen molar-refractivity contribution in [2.24, 2.45) is 0 Å². The number of nitrogens with zero attached hydrogens (tertiary/aromatic N) is 1. The van der Waals surface area contributed by atoms with Crippen LogP contribution < -0.4 is 5.32 Å². The van der Waals surface area contributed by atoms with Gasteiger partial charge < -0.3 is 5.32 Å². The minimum Gasteiger partial charge on any atom is -0.350 e. The van der Waals surface area contributed by atoms with Gasteiger partial charge in [-0.05, 0) is 40.3 Å². The Hall–Kier alpha value is -0.570. The van der Waals surface area contributed by atoms with Gasteiger partial charge in [-0.3, -0.25) is 9.69 Å². The molecule has 0 saturated heterocycles. The average Bonchev–Trinajstić information content (AvgIpc) is 2.09. The number of unbranched alkanes of at least 4 members (excludes halogenated alkanes) is 1. The lowest BCUT2D eigenvalue weighted by atomic mass is 10.1. The van der Waals surface area contributed by atoms with Crippen LogP contribution in [0.15, 0.2) is 0 Å². The van der Waals surface area contributed by atoms with E-state index in [9.17, 15) is 4.79 Å². The summed E-state index contributed by atoms with van der Waals surface area (Å²) >= 11 is 0. The van der Waals surface area contributed by atoms with Crippen LogP contribution in [0, 0.1) is 0 Å². The molecule has 90 valence electrons. The molecule has 1 amide bonds. The van der Waals surface area contributed by atoms with Crippen molar-refractivity contribution < 1.29 is 4.79 Å². The minimum atomic E-state index is -0.124. The maximum Gasteiger partial charge on any atom is 0.234 e. The van der Waals surface area contributed by atoms with E-state index in [-0.39, 0.29) is 11.4 Å². The molecule has 0 unspecified atom stereocenters. The summed E-state index contributed by atoms with van der Waals surface area (Å²) in [7, 11) is 0. The standard InChI is InChI=1S/C12H26N2O/c1-6-8-9-14(7-2)10-11(15)13-12(3,4)5/h6-10H2,1-5H3,(H,13,15). The zero-order chi connectivity index (χ0) is 11.9. The van der Waals surface area contributed by atoms with Gasteiger partial charge >= 0.3 is 0 Å². The molecule has 15 heavy (non-hydrogen) atoms. The molecule has 0 spiro atoms. The van der Waals surface area contributed by atoms with Gasteiger partial charge in [0.2, 0.25) is 5.91 Å². The molecule has 0 aromatic carbocycles. The van der Waals surface area contributed by atoms with E-state index in [1.165, 1.54) is 6.42 Å². The van der Waals surface area contributed by atoms with Crippen LogP contribution in [-0.2, 0) is 4.79 Å². The third-order valence-electron chi connectivity index (χ3n) is 2.16. The Bertz CT molecular complexity index is 185. The van der Waals surface area contributed by atoms with Crippen LogP contribution in [0.5, 0.6) is 0 Å². The minimum absolute atomic E-state index is 0.124. The smallest absolute Gasteiger partial charge is 0.234 e. The molecular weight excluding hydrogens is 188 g/mol. The molecule has 0 radical (unpaired) electrons. The summed E-state index contributed by atoms with van der Waals surface area (Å²) in [6, 6.07) is 0. The summed E-state index contributed by atoms with van der Waals surface area (Å²) in [4.78, 5) is 13.8. The summed E-state index contributed by atoms with van der Waals surface area (Å²) in [6.07, 6.45) is 2.34. The van der Waals surface area contributed by atoms with Gasteiger partial charge in [0.05, 0.1) is 6.54 Å². The number of carbonyl (C=O) groups is 1. The highest BCUT2D eigenvalue weighted by Crippen LogP contribution is 1.99. The highest BCUT2D eigenvalue weighted by atomic mass is 16.2. The Morgan fingerprint density at radius 3 is 2.27 bits per heavy atom. The Morgan fingerprint density at radius 2 is 1.87 bits per heavy atom. The summed E-state index contributed by atoms with van der Waals surface area (Å²) in [5.74, 6) is 0.125. The van der Waals surface area contributed by atoms with Crippen molar-refractivity contribution in [1.82, 2.24) is 10.2 Å². The molecule has 0 rings (SSSR count). The lowest BCUT2D eigenvalue weighted by molar-refractivity contribution is -0.123. The van der Waals surface area contributed by atoms with Crippen molar-refractivity contribution >= 4 is 5.91 Å². The van der Waals surface area contributed by atoms with Gasteiger partial charge in [-0.25, -0.2) is 0 Å². The zero-order valence-electron chi connectivity index (χ0n) is 10.9. The summed E-state index contributed by atoms with van der Waals surface area (Å²) in [6.45, 7) is 12.8. The Balaban J connectivity index is 3.91. The van der Waals surface area contributed by atoms with Crippen LogP contribution in [0.4, 0.5) is 0 Å². The molecule has 0 aromatic heterocycles. The second-order valence-electron chi connectivity index (χ2n) is 5.02. The van der Waals surface area contributed by atoms with Gasteiger partial charge in [0.1, 0.15) is 0 Å². The first kappa shape index (κ1) is 14.4. The van der Waals surface area contributed by atoms with E-state index >= 15 is 0 Å². The highest BCUT2D eigenvalue weighted by Gasteiger charge is 2.15. The SMILES string of the molecule is CCCCN(CC)CC(=O)NC(C)(C)C. The number of carbonyl (C=O) groups excluding carboxylic acids is 1. The van der Waals surface area contributed by atoms with Crippen LogP contribution >= 0.6 is 0 Å². The quantitative estimate of drug-likeness (QED) is 0.733. The first-order valence-electron chi connectivity index (χ1n) is 5.92. The number of amides is 1. The van der Waals surface area contributed by atoms with Gasteiger partial charge in [-0.1, -0.05) is 20.3 Å². The number of likely N-dealkylation sites (N-methyl/N-ethyl adjacent to an activating group) is 1. The van der Waals surface area contributed by atoms with Crippen molar-refractivity contribution in [3.63, 3.8) is 0 Å². The van der Waals surface area contributed by atoms with E-state index in [0.29, 0.717) is 6.54 Å². The molecule has 0 atom stereocenters. The molecule has 0 heterocycles. The van der Waals surface area contributed by atoms with E-state index in [1.807, 2.05) is 20.8 Å². The molecule has 1 N–H and O–H groups in total. The van der Waals surface area contributed by atoms with Gasteiger partial charge in [-0.15, -0.1) is 0 Å². The van der Waals surface area contributed by atoms with Crippen molar-refractivity contribution in [2.45, 2.75) is 53.0 Å². The second-order valence-corrected chi connectivity index (χ2v) is 5.02. The Kier molecular flexibility index (Phi) is 6.57. The topological polar surface area (TPSA) is 32.3 Å².